The number of carboxylic acid groups (broad SMARTS) is 1. The van der Waals surface area contributed by atoms with Crippen LogP contribution in [0.5, 0.6) is 0 Å². The Morgan fingerprint density at radius 1 is 1.33 bits per heavy atom. The molecule has 2 N–H and O–H groups in total. The van der Waals surface area contributed by atoms with Crippen molar-refractivity contribution in [1.29, 1.82) is 0 Å². The summed E-state index contributed by atoms with van der Waals surface area (Å²) in [6.07, 6.45) is 1.49. The third kappa shape index (κ3) is 2.85. The minimum absolute atomic E-state index is 0.0461. The highest BCUT2D eigenvalue weighted by Gasteiger charge is 2.04. The smallest absolute Gasteiger partial charge is 0.354 e. The van der Waals surface area contributed by atoms with Crippen molar-refractivity contribution in [1.82, 2.24) is 4.98 Å². The first-order valence-corrected chi connectivity index (χ1v) is 5.64. The van der Waals surface area contributed by atoms with Crippen molar-refractivity contribution in [2.24, 2.45) is 0 Å². The number of nitrogens with one attached hydrogen (secondary N) is 1. The van der Waals surface area contributed by atoms with E-state index in [2.05, 4.69) is 10.3 Å². The van der Waals surface area contributed by atoms with Crippen LogP contribution in [-0.4, -0.2) is 16.1 Å². The maximum absolute atomic E-state index is 10.8. The summed E-state index contributed by atoms with van der Waals surface area (Å²) in [7, 11) is 0. The molecule has 1 heterocycles. The zero-order valence-electron chi connectivity index (χ0n) is 10.1. The first-order valence-electron chi connectivity index (χ1n) is 5.64. The van der Waals surface area contributed by atoms with Gasteiger partial charge >= 0.3 is 5.97 Å². The van der Waals surface area contributed by atoms with Gasteiger partial charge in [-0.25, -0.2) is 9.78 Å². The molecule has 0 spiro atoms. The van der Waals surface area contributed by atoms with E-state index in [1.165, 1.54) is 23.4 Å². The number of carbonyl (C=O) groups is 1. The minimum Gasteiger partial charge on any atom is -0.477 e. The standard InChI is InChI=1S/C14H14N2O2/c1-10-4-2-3-5-11(10)9-16-12-6-7-15-13(8-12)14(17)18/h2-8H,9H2,1H3,(H,15,16)(H,17,18). The van der Waals surface area contributed by atoms with Crippen molar-refractivity contribution < 1.29 is 9.90 Å². The van der Waals surface area contributed by atoms with Gasteiger partial charge in [0.2, 0.25) is 0 Å². The predicted molar refractivity (Wildman–Crippen MR) is 69.7 cm³/mol. The van der Waals surface area contributed by atoms with E-state index in [9.17, 15) is 4.79 Å². The van der Waals surface area contributed by atoms with Crippen LogP contribution in [-0.2, 0) is 6.54 Å². The van der Waals surface area contributed by atoms with Gasteiger partial charge in [-0.3, -0.25) is 0 Å². The van der Waals surface area contributed by atoms with Gasteiger partial charge in [0.15, 0.2) is 0 Å². The Hall–Kier alpha value is -2.36. The molecule has 0 amide bonds. The number of aryl methyl sites for hydroxylation is 1. The van der Waals surface area contributed by atoms with E-state index in [0.717, 1.165) is 5.69 Å². The zero-order valence-corrected chi connectivity index (χ0v) is 10.1. The van der Waals surface area contributed by atoms with Crippen LogP contribution in [0.2, 0.25) is 0 Å². The molecule has 2 rings (SSSR count). The van der Waals surface area contributed by atoms with Gasteiger partial charge in [-0.2, -0.15) is 0 Å². The van der Waals surface area contributed by atoms with Gasteiger partial charge in [-0.15, -0.1) is 0 Å². The quantitative estimate of drug-likeness (QED) is 0.865. The fraction of sp³-hybridized carbons (Fsp3) is 0.143. The van der Waals surface area contributed by atoms with Crippen molar-refractivity contribution in [3.8, 4) is 0 Å². The number of hydrogen-bond donors (Lipinski definition) is 2. The molecular formula is C14H14N2O2. The maximum atomic E-state index is 10.8. The lowest BCUT2D eigenvalue weighted by atomic mass is 10.1. The first-order chi connectivity index (χ1) is 8.66. The molecule has 0 radical (unpaired) electrons. The molecule has 0 saturated carbocycles. The number of aromatic nitrogens is 1. The van der Waals surface area contributed by atoms with Gasteiger partial charge in [-0.1, -0.05) is 24.3 Å². The molecule has 0 fully saturated rings. The number of nitrogens with zero attached hydrogens (tertiary/aromatic N) is 1. The first kappa shape index (κ1) is 12.1. The van der Waals surface area contributed by atoms with Crippen LogP contribution in [0.1, 0.15) is 21.6 Å². The lowest BCUT2D eigenvalue weighted by Crippen LogP contribution is -2.04. The fourth-order valence-corrected chi connectivity index (χ4v) is 1.66. The molecule has 0 saturated heterocycles. The van der Waals surface area contributed by atoms with Gasteiger partial charge in [0.05, 0.1) is 0 Å². The number of rotatable bonds is 4. The Balaban J connectivity index is 2.09. The average Bonchev–Trinajstić information content (AvgIpc) is 2.38. The van der Waals surface area contributed by atoms with Gasteiger partial charge in [0.1, 0.15) is 5.69 Å². The number of aromatic carboxylic acids is 1. The summed E-state index contributed by atoms with van der Waals surface area (Å²) in [4.78, 5) is 14.6. The van der Waals surface area contributed by atoms with Crippen LogP contribution in [0, 0.1) is 6.92 Å². The van der Waals surface area contributed by atoms with E-state index in [1.807, 2.05) is 31.2 Å². The highest BCUT2D eigenvalue weighted by molar-refractivity contribution is 5.86. The van der Waals surface area contributed by atoms with E-state index >= 15 is 0 Å². The Labute approximate surface area is 105 Å². The number of hydrogen-bond acceptors (Lipinski definition) is 3. The summed E-state index contributed by atoms with van der Waals surface area (Å²) < 4.78 is 0. The van der Waals surface area contributed by atoms with Crippen LogP contribution in [0.3, 0.4) is 0 Å². The van der Waals surface area contributed by atoms with Gasteiger partial charge in [0, 0.05) is 18.4 Å². The second-order valence-electron chi connectivity index (χ2n) is 4.01. The Kier molecular flexibility index (Phi) is 3.57. The van der Waals surface area contributed by atoms with Crippen molar-refractivity contribution in [2.75, 3.05) is 5.32 Å². The van der Waals surface area contributed by atoms with Crippen molar-refractivity contribution in [3.63, 3.8) is 0 Å². The Morgan fingerprint density at radius 3 is 2.83 bits per heavy atom. The molecule has 0 atom stereocenters. The number of pyridine rings is 1. The molecule has 4 nitrogen and oxygen atoms in total. The molecule has 0 aliphatic heterocycles. The van der Waals surface area contributed by atoms with E-state index < -0.39 is 5.97 Å². The summed E-state index contributed by atoms with van der Waals surface area (Å²) in [6.45, 7) is 2.71. The Bertz CT molecular complexity index is 567. The number of benzene rings is 1. The average molecular weight is 242 g/mol. The van der Waals surface area contributed by atoms with E-state index in [4.69, 9.17) is 5.11 Å². The van der Waals surface area contributed by atoms with E-state index in [0.29, 0.717) is 6.54 Å². The largest absolute Gasteiger partial charge is 0.477 e. The normalized spacial score (nSPS) is 10.1. The summed E-state index contributed by atoms with van der Waals surface area (Å²) in [5.41, 5.74) is 3.19. The van der Waals surface area contributed by atoms with Crippen molar-refractivity contribution >= 4 is 11.7 Å². The third-order valence-electron chi connectivity index (χ3n) is 2.72. The summed E-state index contributed by atoms with van der Waals surface area (Å²) >= 11 is 0. The SMILES string of the molecule is Cc1ccccc1CNc1ccnc(C(=O)O)c1. The summed E-state index contributed by atoms with van der Waals surface area (Å²) in [6, 6.07) is 11.4. The fourth-order valence-electron chi connectivity index (χ4n) is 1.66. The molecule has 2 aromatic rings. The molecule has 1 aromatic carbocycles. The van der Waals surface area contributed by atoms with Gasteiger partial charge in [0.25, 0.3) is 0 Å². The topological polar surface area (TPSA) is 62.2 Å². The zero-order chi connectivity index (χ0) is 13.0. The van der Waals surface area contributed by atoms with Crippen LogP contribution < -0.4 is 5.32 Å². The molecule has 0 aliphatic carbocycles. The van der Waals surface area contributed by atoms with Crippen LogP contribution in [0.15, 0.2) is 42.6 Å². The predicted octanol–water partition coefficient (Wildman–Crippen LogP) is 2.70. The molecule has 92 valence electrons. The minimum atomic E-state index is -1.02. The van der Waals surface area contributed by atoms with Crippen molar-refractivity contribution in [3.05, 3.63) is 59.4 Å². The van der Waals surface area contributed by atoms with Gasteiger partial charge < -0.3 is 10.4 Å². The van der Waals surface area contributed by atoms with Crippen LogP contribution in [0.4, 0.5) is 5.69 Å². The third-order valence-corrected chi connectivity index (χ3v) is 2.72. The lowest BCUT2D eigenvalue weighted by Gasteiger charge is -2.09. The molecule has 0 bridgehead atoms. The highest BCUT2D eigenvalue weighted by atomic mass is 16.4. The summed E-state index contributed by atoms with van der Waals surface area (Å²) in [5, 5.41) is 12.0. The second kappa shape index (κ2) is 5.31. The monoisotopic (exact) mass is 242 g/mol. The Morgan fingerprint density at radius 2 is 2.11 bits per heavy atom. The summed E-state index contributed by atoms with van der Waals surface area (Å²) in [5.74, 6) is -1.02. The lowest BCUT2D eigenvalue weighted by molar-refractivity contribution is 0.0690. The molecule has 0 unspecified atom stereocenters. The van der Waals surface area contributed by atoms with Crippen LogP contribution >= 0.6 is 0 Å². The number of anilines is 1. The van der Waals surface area contributed by atoms with E-state index in [-0.39, 0.29) is 5.69 Å². The number of carboxylic acids is 1. The molecule has 0 aliphatic rings. The van der Waals surface area contributed by atoms with E-state index in [1.54, 1.807) is 6.07 Å². The molecule has 18 heavy (non-hydrogen) atoms. The molecule has 4 heteroatoms. The molecular weight excluding hydrogens is 228 g/mol. The highest BCUT2D eigenvalue weighted by Crippen LogP contribution is 2.12. The van der Waals surface area contributed by atoms with Crippen LogP contribution in [0.25, 0.3) is 0 Å². The second-order valence-corrected chi connectivity index (χ2v) is 4.01. The van der Waals surface area contributed by atoms with Crippen molar-refractivity contribution in [2.45, 2.75) is 13.5 Å². The maximum Gasteiger partial charge on any atom is 0.354 e. The van der Waals surface area contributed by atoms with Gasteiger partial charge in [-0.05, 0) is 30.2 Å². The molecule has 1 aromatic heterocycles.